The summed E-state index contributed by atoms with van der Waals surface area (Å²) in [4.78, 5) is 39.6. The Kier molecular flexibility index (Phi) is 7.08. The molecule has 0 aromatic heterocycles. The molecule has 0 amide bonds. The van der Waals surface area contributed by atoms with Crippen LogP contribution in [0, 0.1) is 5.92 Å². The summed E-state index contributed by atoms with van der Waals surface area (Å²) in [7, 11) is -5.00. The van der Waals surface area contributed by atoms with Gasteiger partial charge in [-0.2, -0.15) is 0 Å². The molecule has 0 aliphatic heterocycles. The summed E-state index contributed by atoms with van der Waals surface area (Å²) < 4.78 is 11.0. The fraction of sp³-hybridized carbons (Fsp3) is 0.778. The van der Waals surface area contributed by atoms with Gasteiger partial charge in [0.05, 0.1) is 5.92 Å². The first kappa shape index (κ1) is 17.1. The van der Waals surface area contributed by atoms with Crippen LogP contribution in [0.2, 0.25) is 0 Å². The number of rotatable bonds is 9. The Bertz CT molecular complexity index is 340. The van der Waals surface area contributed by atoms with Crippen LogP contribution in [0.25, 0.3) is 0 Å². The first-order chi connectivity index (χ1) is 8.21. The maximum Gasteiger partial charge on any atom is 0.340 e. The van der Waals surface area contributed by atoms with E-state index in [2.05, 4.69) is 0 Å². The van der Waals surface area contributed by atoms with Gasteiger partial charge in [0.25, 0.3) is 0 Å². The van der Waals surface area contributed by atoms with E-state index in [1.54, 1.807) is 0 Å². The molecule has 18 heavy (non-hydrogen) atoms. The fourth-order valence-corrected chi connectivity index (χ4v) is 2.69. The number of carboxylic acid groups (broad SMARTS) is 2. The van der Waals surface area contributed by atoms with E-state index < -0.39 is 31.1 Å². The van der Waals surface area contributed by atoms with E-state index in [9.17, 15) is 14.2 Å². The third-order valence-electron chi connectivity index (χ3n) is 2.53. The van der Waals surface area contributed by atoms with Gasteiger partial charge in [-0.25, -0.2) is 0 Å². The van der Waals surface area contributed by atoms with Crippen LogP contribution < -0.4 is 5.73 Å². The lowest BCUT2D eigenvalue weighted by atomic mass is 9.97. The molecule has 0 radical (unpaired) electrons. The molecular formula is C9H18NO7P. The van der Waals surface area contributed by atoms with Crippen molar-refractivity contribution in [3.8, 4) is 0 Å². The van der Waals surface area contributed by atoms with Crippen LogP contribution in [0.15, 0.2) is 0 Å². The van der Waals surface area contributed by atoms with Crippen LogP contribution in [0.1, 0.15) is 25.7 Å². The summed E-state index contributed by atoms with van der Waals surface area (Å²) in [6, 6.07) is 0. The van der Waals surface area contributed by atoms with E-state index in [1.807, 2.05) is 0 Å². The van der Waals surface area contributed by atoms with Crippen LogP contribution in [-0.4, -0.2) is 44.1 Å². The monoisotopic (exact) mass is 283 g/mol. The highest BCUT2D eigenvalue weighted by atomic mass is 31.2. The van der Waals surface area contributed by atoms with Crippen molar-refractivity contribution in [3.63, 3.8) is 0 Å². The third kappa shape index (κ3) is 5.59. The second-order valence-electron chi connectivity index (χ2n) is 3.95. The SMILES string of the molecule is NCCCCCC(C(=O)O)C(C(=O)O)P(=O)(O)O. The van der Waals surface area contributed by atoms with Crippen LogP contribution in [0.4, 0.5) is 0 Å². The quantitative estimate of drug-likeness (QED) is 0.288. The molecule has 0 aliphatic carbocycles. The van der Waals surface area contributed by atoms with Crippen LogP contribution >= 0.6 is 7.60 Å². The Morgan fingerprint density at radius 1 is 1.06 bits per heavy atom. The molecule has 8 nitrogen and oxygen atoms in total. The van der Waals surface area contributed by atoms with E-state index >= 15 is 0 Å². The molecule has 0 saturated carbocycles. The van der Waals surface area contributed by atoms with Crippen molar-refractivity contribution in [2.24, 2.45) is 11.7 Å². The van der Waals surface area contributed by atoms with E-state index in [4.69, 9.17) is 25.7 Å². The predicted octanol–water partition coefficient (Wildman–Crippen LogP) is -0.163. The first-order valence-corrected chi connectivity index (χ1v) is 7.10. The van der Waals surface area contributed by atoms with Gasteiger partial charge in [0.1, 0.15) is 0 Å². The number of carbonyl (C=O) groups is 2. The zero-order valence-electron chi connectivity index (χ0n) is 9.73. The van der Waals surface area contributed by atoms with Gasteiger partial charge in [-0.3, -0.25) is 14.2 Å². The molecule has 0 aromatic rings. The number of hydrogen-bond donors (Lipinski definition) is 5. The minimum Gasteiger partial charge on any atom is -0.481 e. The molecule has 6 N–H and O–H groups in total. The Morgan fingerprint density at radius 2 is 1.61 bits per heavy atom. The van der Waals surface area contributed by atoms with Gasteiger partial charge in [0.15, 0.2) is 5.66 Å². The lowest BCUT2D eigenvalue weighted by molar-refractivity contribution is -0.148. The molecule has 0 heterocycles. The second-order valence-corrected chi connectivity index (χ2v) is 5.69. The molecule has 0 saturated heterocycles. The summed E-state index contributed by atoms with van der Waals surface area (Å²) in [5, 5.41) is 17.6. The zero-order valence-corrected chi connectivity index (χ0v) is 10.6. The van der Waals surface area contributed by atoms with Crippen molar-refractivity contribution < 1.29 is 34.2 Å². The number of unbranched alkanes of at least 4 members (excludes halogenated alkanes) is 2. The van der Waals surface area contributed by atoms with Crippen molar-refractivity contribution in [2.45, 2.75) is 31.3 Å². The Hall–Kier alpha value is -0.950. The molecule has 0 aliphatic rings. The number of aliphatic carboxylic acids is 2. The molecular weight excluding hydrogens is 265 g/mol. The van der Waals surface area contributed by atoms with Gasteiger partial charge >= 0.3 is 19.5 Å². The van der Waals surface area contributed by atoms with Crippen LogP contribution in [0.3, 0.4) is 0 Å². The van der Waals surface area contributed by atoms with Crippen LogP contribution in [0.5, 0.6) is 0 Å². The van der Waals surface area contributed by atoms with E-state index in [0.717, 1.165) is 0 Å². The second kappa shape index (κ2) is 7.48. The molecule has 106 valence electrons. The average Bonchev–Trinajstić information content (AvgIpc) is 2.19. The molecule has 0 spiro atoms. The molecule has 2 atom stereocenters. The van der Waals surface area contributed by atoms with Crippen molar-refractivity contribution in [1.29, 1.82) is 0 Å². The minimum atomic E-state index is -5.00. The maximum absolute atomic E-state index is 11.0. The lowest BCUT2D eigenvalue weighted by Crippen LogP contribution is -2.35. The zero-order chi connectivity index (χ0) is 14.3. The summed E-state index contributed by atoms with van der Waals surface area (Å²) in [6.45, 7) is 0.429. The third-order valence-corrected chi connectivity index (χ3v) is 3.84. The summed E-state index contributed by atoms with van der Waals surface area (Å²) in [5.74, 6) is -4.91. The maximum atomic E-state index is 11.0. The Labute approximate surface area is 104 Å². The number of nitrogens with two attached hydrogens (primary N) is 1. The molecule has 0 bridgehead atoms. The lowest BCUT2D eigenvalue weighted by Gasteiger charge is -2.21. The van der Waals surface area contributed by atoms with E-state index in [1.165, 1.54) is 0 Å². The highest BCUT2D eigenvalue weighted by molar-refractivity contribution is 7.53. The molecule has 2 unspecified atom stereocenters. The van der Waals surface area contributed by atoms with Crippen LogP contribution in [-0.2, 0) is 14.2 Å². The summed E-state index contributed by atoms with van der Waals surface area (Å²) in [6.07, 6.45) is 1.50. The molecule has 0 aromatic carbocycles. The van der Waals surface area contributed by atoms with Gasteiger partial charge in [0.2, 0.25) is 0 Å². The highest BCUT2D eigenvalue weighted by Crippen LogP contribution is 2.46. The molecule has 9 heteroatoms. The van der Waals surface area contributed by atoms with Crippen molar-refractivity contribution >= 4 is 19.5 Å². The van der Waals surface area contributed by atoms with Crippen molar-refractivity contribution in [2.75, 3.05) is 6.54 Å². The summed E-state index contributed by atoms with van der Waals surface area (Å²) >= 11 is 0. The van der Waals surface area contributed by atoms with Crippen molar-refractivity contribution in [1.82, 2.24) is 0 Å². The predicted molar refractivity (Wildman–Crippen MR) is 62.1 cm³/mol. The topological polar surface area (TPSA) is 158 Å². The molecule has 0 fully saturated rings. The van der Waals surface area contributed by atoms with E-state index in [-0.39, 0.29) is 6.42 Å². The van der Waals surface area contributed by atoms with Gasteiger partial charge in [-0.1, -0.05) is 12.8 Å². The fourth-order valence-electron chi connectivity index (χ4n) is 1.65. The molecule has 0 rings (SSSR count). The largest absolute Gasteiger partial charge is 0.481 e. The summed E-state index contributed by atoms with van der Waals surface area (Å²) in [5.41, 5.74) is 3.05. The van der Waals surface area contributed by atoms with Crippen molar-refractivity contribution in [3.05, 3.63) is 0 Å². The number of hydrogen-bond acceptors (Lipinski definition) is 4. The minimum absolute atomic E-state index is 0.0998. The first-order valence-electron chi connectivity index (χ1n) is 5.42. The highest BCUT2D eigenvalue weighted by Gasteiger charge is 2.45. The average molecular weight is 283 g/mol. The Balaban J connectivity index is 4.79. The van der Waals surface area contributed by atoms with Gasteiger partial charge in [0, 0.05) is 0 Å². The normalized spacial score (nSPS) is 15.1. The Morgan fingerprint density at radius 3 is 1.94 bits per heavy atom. The van der Waals surface area contributed by atoms with Gasteiger partial charge in [-0.05, 0) is 19.4 Å². The smallest absolute Gasteiger partial charge is 0.340 e. The number of carboxylic acids is 2. The van der Waals surface area contributed by atoms with Gasteiger partial charge < -0.3 is 25.7 Å². The van der Waals surface area contributed by atoms with E-state index in [0.29, 0.717) is 25.8 Å². The standard InChI is InChI=1S/C9H18NO7P/c10-5-3-1-2-4-6(8(11)12)7(9(13)14)18(15,16)17/h6-7H,1-5,10H2,(H,11,12)(H,13,14)(H2,15,16,17). The van der Waals surface area contributed by atoms with Gasteiger partial charge in [-0.15, -0.1) is 0 Å².